The third-order valence-electron chi connectivity index (χ3n) is 2.86. The van der Waals surface area contributed by atoms with Crippen LogP contribution in [0.5, 0.6) is 0 Å². The van der Waals surface area contributed by atoms with Gasteiger partial charge in [-0.3, -0.25) is 4.79 Å². The van der Waals surface area contributed by atoms with Gasteiger partial charge in [-0.25, -0.2) is 0 Å². The Morgan fingerprint density at radius 3 is 2.94 bits per heavy atom. The van der Waals surface area contributed by atoms with Crippen LogP contribution in [-0.2, 0) is 11.3 Å². The summed E-state index contributed by atoms with van der Waals surface area (Å²) < 4.78 is 6.06. The van der Waals surface area contributed by atoms with Crippen LogP contribution in [0.1, 0.15) is 28.8 Å². The number of halogens is 1. The minimum Gasteiger partial charge on any atom is -0.380 e. The van der Waals surface area contributed by atoms with E-state index in [2.05, 4.69) is 21.2 Å². The number of ether oxygens (including phenoxy) is 1. The Labute approximate surface area is 110 Å². The molecule has 0 aromatic heterocycles. The minimum atomic E-state index is 0.00162. The molecular weight excluding hydrogens is 282 g/mol. The first kappa shape index (κ1) is 12.6. The average Bonchev–Trinajstić information content (AvgIpc) is 3.13. The molecule has 1 N–H and O–H groups in total. The summed E-state index contributed by atoms with van der Waals surface area (Å²) in [5, 5.41) is 2.95. The summed E-state index contributed by atoms with van der Waals surface area (Å²) in [5.74, 6) is 0.703. The molecule has 92 valence electrons. The zero-order valence-electron chi connectivity index (χ0n) is 9.83. The Balaban J connectivity index is 2.02. The van der Waals surface area contributed by atoms with Crippen molar-refractivity contribution >= 4 is 21.8 Å². The molecule has 0 bridgehead atoms. The highest BCUT2D eigenvalue weighted by atomic mass is 79.9. The lowest BCUT2D eigenvalue weighted by Gasteiger charge is -2.08. The van der Waals surface area contributed by atoms with Gasteiger partial charge < -0.3 is 10.1 Å². The van der Waals surface area contributed by atoms with Crippen LogP contribution >= 0.6 is 15.9 Å². The molecular formula is C13H16BrNO2. The number of methoxy groups -OCH3 is 1. The second kappa shape index (κ2) is 5.65. The summed E-state index contributed by atoms with van der Waals surface area (Å²) in [4.78, 5) is 11.9. The molecule has 1 saturated carbocycles. The molecule has 1 fully saturated rings. The van der Waals surface area contributed by atoms with E-state index in [9.17, 15) is 4.79 Å². The van der Waals surface area contributed by atoms with E-state index in [1.54, 1.807) is 7.11 Å². The van der Waals surface area contributed by atoms with Crippen molar-refractivity contribution in [1.29, 1.82) is 0 Å². The lowest BCUT2D eigenvalue weighted by Crippen LogP contribution is -2.25. The molecule has 1 aliphatic carbocycles. The fraction of sp³-hybridized carbons (Fsp3) is 0.462. The molecule has 1 aromatic rings. The van der Waals surface area contributed by atoms with Crippen molar-refractivity contribution in [3.8, 4) is 0 Å². The Kier molecular flexibility index (Phi) is 4.18. The number of carbonyl (C=O) groups is 1. The van der Waals surface area contributed by atoms with Crippen LogP contribution in [0, 0.1) is 5.92 Å². The van der Waals surface area contributed by atoms with E-state index in [1.165, 1.54) is 12.8 Å². The molecule has 3 nitrogen and oxygen atoms in total. The maximum absolute atomic E-state index is 11.9. The summed E-state index contributed by atoms with van der Waals surface area (Å²) >= 11 is 3.44. The summed E-state index contributed by atoms with van der Waals surface area (Å²) in [6.07, 6.45) is 2.49. The van der Waals surface area contributed by atoms with Crippen molar-refractivity contribution in [2.75, 3.05) is 13.7 Å². The van der Waals surface area contributed by atoms with Gasteiger partial charge in [0.25, 0.3) is 5.91 Å². The molecule has 1 amide bonds. The maximum Gasteiger partial charge on any atom is 0.251 e. The molecule has 0 aliphatic heterocycles. The van der Waals surface area contributed by atoms with Gasteiger partial charge in [0.2, 0.25) is 0 Å². The van der Waals surface area contributed by atoms with E-state index in [-0.39, 0.29) is 5.91 Å². The van der Waals surface area contributed by atoms with Crippen molar-refractivity contribution < 1.29 is 9.53 Å². The summed E-state index contributed by atoms with van der Waals surface area (Å²) in [6.45, 7) is 1.30. The van der Waals surface area contributed by atoms with Gasteiger partial charge in [0.1, 0.15) is 0 Å². The molecule has 1 aliphatic rings. The zero-order valence-corrected chi connectivity index (χ0v) is 11.4. The normalized spacial score (nSPS) is 14.7. The second-order valence-electron chi connectivity index (χ2n) is 4.39. The Morgan fingerprint density at radius 2 is 2.29 bits per heavy atom. The van der Waals surface area contributed by atoms with Crippen molar-refractivity contribution in [2.45, 2.75) is 19.4 Å². The smallest absolute Gasteiger partial charge is 0.251 e. The first-order valence-electron chi connectivity index (χ1n) is 5.76. The monoisotopic (exact) mass is 297 g/mol. The quantitative estimate of drug-likeness (QED) is 0.907. The predicted molar refractivity (Wildman–Crippen MR) is 69.9 cm³/mol. The van der Waals surface area contributed by atoms with Crippen LogP contribution in [0.15, 0.2) is 22.7 Å². The highest BCUT2D eigenvalue weighted by Gasteiger charge is 2.21. The number of benzene rings is 1. The third-order valence-corrected chi connectivity index (χ3v) is 3.63. The first-order valence-corrected chi connectivity index (χ1v) is 6.55. The van der Waals surface area contributed by atoms with Gasteiger partial charge in [-0.05, 0) is 42.5 Å². The van der Waals surface area contributed by atoms with E-state index >= 15 is 0 Å². The van der Waals surface area contributed by atoms with Crippen molar-refractivity contribution in [3.05, 3.63) is 33.8 Å². The standard InChI is InChI=1S/C13H16BrNO2/c1-17-8-11-6-10(4-5-12(11)14)13(16)15-7-9-2-3-9/h4-6,9H,2-3,7-8H2,1H3,(H,15,16). The Bertz CT molecular complexity index is 416. The molecule has 17 heavy (non-hydrogen) atoms. The van der Waals surface area contributed by atoms with Crippen LogP contribution in [0.3, 0.4) is 0 Å². The summed E-state index contributed by atoms with van der Waals surface area (Å²) in [5.41, 5.74) is 1.69. The van der Waals surface area contributed by atoms with E-state index < -0.39 is 0 Å². The molecule has 2 rings (SSSR count). The van der Waals surface area contributed by atoms with Gasteiger partial charge in [-0.2, -0.15) is 0 Å². The average molecular weight is 298 g/mol. The van der Waals surface area contributed by atoms with Gasteiger partial charge in [0, 0.05) is 23.7 Å². The van der Waals surface area contributed by atoms with Gasteiger partial charge in [-0.15, -0.1) is 0 Å². The highest BCUT2D eigenvalue weighted by Crippen LogP contribution is 2.27. The van der Waals surface area contributed by atoms with Gasteiger partial charge in [-0.1, -0.05) is 15.9 Å². The van der Waals surface area contributed by atoms with Crippen LogP contribution in [0.4, 0.5) is 0 Å². The van der Waals surface area contributed by atoms with E-state index in [1.807, 2.05) is 18.2 Å². The Hall–Kier alpha value is -0.870. The third kappa shape index (κ3) is 3.54. The van der Waals surface area contributed by atoms with Gasteiger partial charge in [0.15, 0.2) is 0 Å². The van der Waals surface area contributed by atoms with Crippen molar-refractivity contribution in [2.24, 2.45) is 5.92 Å². The Morgan fingerprint density at radius 1 is 1.53 bits per heavy atom. The number of hydrogen-bond donors (Lipinski definition) is 1. The minimum absolute atomic E-state index is 0.00162. The van der Waals surface area contributed by atoms with Gasteiger partial charge >= 0.3 is 0 Å². The number of amides is 1. The van der Waals surface area contributed by atoms with E-state index in [0.717, 1.165) is 16.6 Å². The first-order chi connectivity index (χ1) is 8.20. The molecule has 0 unspecified atom stereocenters. The molecule has 0 radical (unpaired) electrons. The highest BCUT2D eigenvalue weighted by molar-refractivity contribution is 9.10. The summed E-state index contributed by atoms with van der Waals surface area (Å²) in [6, 6.07) is 5.59. The van der Waals surface area contributed by atoms with Crippen LogP contribution in [0.2, 0.25) is 0 Å². The fourth-order valence-electron chi connectivity index (χ4n) is 1.64. The van der Waals surface area contributed by atoms with Crippen LogP contribution < -0.4 is 5.32 Å². The fourth-order valence-corrected chi connectivity index (χ4v) is 2.00. The SMILES string of the molecule is COCc1cc(C(=O)NCC2CC2)ccc1Br. The van der Waals surface area contributed by atoms with Crippen molar-refractivity contribution in [3.63, 3.8) is 0 Å². The number of carbonyl (C=O) groups excluding carboxylic acids is 1. The second-order valence-corrected chi connectivity index (χ2v) is 5.25. The van der Waals surface area contributed by atoms with Crippen LogP contribution in [0.25, 0.3) is 0 Å². The topological polar surface area (TPSA) is 38.3 Å². The van der Waals surface area contributed by atoms with Crippen molar-refractivity contribution in [1.82, 2.24) is 5.32 Å². The lowest BCUT2D eigenvalue weighted by atomic mass is 10.1. The molecule has 0 spiro atoms. The number of nitrogens with one attached hydrogen (secondary N) is 1. The predicted octanol–water partition coefficient (Wildman–Crippen LogP) is 2.74. The van der Waals surface area contributed by atoms with E-state index in [4.69, 9.17) is 4.74 Å². The van der Waals surface area contributed by atoms with Gasteiger partial charge in [0.05, 0.1) is 6.61 Å². The summed E-state index contributed by atoms with van der Waals surface area (Å²) in [7, 11) is 1.65. The number of hydrogen-bond acceptors (Lipinski definition) is 2. The molecule has 0 atom stereocenters. The number of rotatable bonds is 5. The maximum atomic E-state index is 11.9. The van der Waals surface area contributed by atoms with E-state index in [0.29, 0.717) is 18.1 Å². The molecule has 0 saturated heterocycles. The van der Waals surface area contributed by atoms with Crippen LogP contribution in [-0.4, -0.2) is 19.6 Å². The molecule has 0 heterocycles. The lowest BCUT2D eigenvalue weighted by molar-refractivity contribution is 0.0951. The molecule has 4 heteroatoms. The zero-order chi connectivity index (χ0) is 12.3. The largest absolute Gasteiger partial charge is 0.380 e. The molecule has 1 aromatic carbocycles.